The first kappa shape index (κ1) is 12.9. The first-order chi connectivity index (χ1) is 9.20. The molecule has 1 aliphatic rings. The third kappa shape index (κ3) is 2.13. The SMILES string of the molecule is Cn1c(C(=O)N2CCSCC2)c(Cl)c2ccccc21. The molecule has 1 saturated heterocycles. The lowest BCUT2D eigenvalue weighted by molar-refractivity contribution is 0.0763. The molecule has 100 valence electrons. The quantitative estimate of drug-likeness (QED) is 0.808. The van der Waals surface area contributed by atoms with Crippen molar-refractivity contribution in [1.29, 1.82) is 0 Å². The third-order valence-corrected chi connectivity index (χ3v) is 4.87. The summed E-state index contributed by atoms with van der Waals surface area (Å²) in [6.07, 6.45) is 0. The lowest BCUT2D eigenvalue weighted by Gasteiger charge is -2.26. The van der Waals surface area contributed by atoms with Gasteiger partial charge in [-0.1, -0.05) is 29.8 Å². The topological polar surface area (TPSA) is 25.2 Å². The van der Waals surface area contributed by atoms with Gasteiger partial charge in [0.25, 0.3) is 5.91 Å². The Balaban J connectivity index is 2.06. The number of aromatic nitrogens is 1. The van der Waals surface area contributed by atoms with Gasteiger partial charge in [-0.2, -0.15) is 11.8 Å². The van der Waals surface area contributed by atoms with Crippen molar-refractivity contribution in [3.8, 4) is 0 Å². The van der Waals surface area contributed by atoms with Crippen molar-refractivity contribution in [3.05, 3.63) is 35.0 Å². The molecule has 0 unspecified atom stereocenters. The predicted octanol–water partition coefficient (Wildman–Crippen LogP) is 3.02. The number of hydrogen-bond donors (Lipinski definition) is 0. The number of fused-ring (bicyclic) bond motifs is 1. The molecule has 2 aromatic rings. The summed E-state index contributed by atoms with van der Waals surface area (Å²) in [4.78, 5) is 14.5. The van der Waals surface area contributed by atoms with E-state index in [-0.39, 0.29) is 5.91 Å². The molecule has 1 aromatic carbocycles. The summed E-state index contributed by atoms with van der Waals surface area (Å²) in [5, 5.41) is 1.52. The van der Waals surface area contributed by atoms with Crippen LogP contribution in [0.3, 0.4) is 0 Å². The van der Waals surface area contributed by atoms with Gasteiger partial charge < -0.3 is 9.47 Å². The minimum Gasteiger partial charge on any atom is -0.338 e. The monoisotopic (exact) mass is 294 g/mol. The highest BCUT2D eigenvalue weighted by molar-refractivity contribution is 7.99. The standard InChI is InChI=1S/C14H15ClN2OS/c1-16-11-5-3-2-4-10(11)12(15)13(16)14(18)17-6-8-19-9-7-17/h2-5H,6-9H2,1H3. The van der Waals surface area contributed by atoms with Gasteiger partial charge in [0.2, 0.25) is 0 Å². The molecule has 0 saturated carbocycles. The van der Waals surface area contributed by atoms with Gasteiger partial charge in [-0.05, 0) is 6.07 Å². The minimum absolute atomic E-state index is 0.0454. The summed E-state index contributed by atoms with van der Waals surface area (Å²) in [5.41, 5.74) is 1.61. The van der Waals surface area contributed by atoms with E-state index < -0.39 is 0 Å². The van der Waals surface area contributed by atoms with Crippen molar-refractivity contribution >= 4 is 40.2 Å². The molecule has 3 nitrogen and oxygen atoms in total. The normalized spacial score (nSPS) is 16.0. The van der Waals surface area contributed by atoms with E-state index in [0.29, 0.717) is 10.7 Å². The summed E-state index contributed by atoms with van der Waals surface area (Å²) in [6, 6.07) is 7.86. The predicted molar refractivity (Wildman–Crippen MR) is 81.2 cm³/mol. The largest absolute Gasteiger partial charge is 0.338 e. The van der Waals surface area contributed by atoms with Gasteiger partial charge in [0.1, 0.15) is 5.69 Å². The first-order valence-electron chi connectivity index (χ1n) is 6.30. The summed E-state index contributed by atoms with van der Waals surface area (Å²) in [6.45, 7) is 1.61. The minimum atomic E-state index is 0.0454. The van der Waals surface area contributed by atoms with E-state index in [2.05, 4.69) is 0 Å². The maximum Gasteiger partial charge on any atom is 0.272 e. The smallest absolute Gasteiger partial charge is 0.272 e. The number of halogens is 1. The molecule has 3 rings (SSSR count). The van der Waals surface area contributed by atoms with E-state index in [1.54, 1.807) is 0 Å². The molecule has 0 bridgehead atoms. The number of thioether (sulfide) groups is 1. The van der Waals surface area contributed by atoms with Gasteiger partial charge in [-0.25, -0.2) is 0 Å². The molecule has 0 aliphatic carbocycles. The number of benzene rings is 1. The summed E-state index contributed by atoms with van der Waals surface area (Å²) < 4.78 is 1.90. The second kappa shape index (κ2) is 5.10. The molecule has 0 N–H and O–H groups in total. The van der Waals surface area contributed by atoms with Gasteiger partial charge >= 0.3 is 0 Å². The highest BCUT2D eigenvalue weighted by Crippen LogP contribution is 2.31. The van der Waals surface area contributed by atoms with Crippen LogP contribution in [0.15, 0.2) is 24.3 Å². The molecule has 0 radical (unpaired) electrons. The Morgan fingerprint density at radius 2 is 1.95 bits per heavy atom. The molecule has 19 heavy (non-hydrogen) atoms. The highest BCUT2D eigenvalue weighted by atomic mass is 35.5. The second-order valence-corrected chi connectivity index (χ2v) is 6.25. The van der Waals surface area contributed by atoms with Crippen LogP contribution in [-0.4, -0.2) is 40.0 Å². The van der Waals surface area contributed by atoms with Crippen molar-refractivity contribution < 1.29 is 4.79 Å². The summed E-state index contributed by atoms with van der Waals surface area (Å²) in [7, 11) is 1.90. The zero-order valence-corrected chi connectivity index (χ0v) is 12.3. The van der Waals surface area contributed by atoms with Crippen LogP contribution in [-0.2, 0) is 7.05 Å². The van der Waals surface area contributed by atoms with Crippen LogP contribution in [0.4, 0.5) is 0 Å². The fraction of sp³-hybridized carbons (Fsp3) is 0.357. The number of hydrogen-bond acceptors (Lipinski definition) is 2. The van der Waals surface area contributed by atoms with Crippen molar-refractivity contribution in [2.75, 3.05) is 24.6 Å². The van der Waals surface area contributed by atoms with Crippen LogP contribution in [0, 0.1) is 0 Å². The van der Waals surface area contributed by atoms with E-state index in [0.717, 1.165) is 35.5 Å². The molecular formula is C14H15ClN2OS. The van der Waals surface area contributed by atoms with Gasteiger partial charge in [0, 0.05) is 42.5 Å². The van der Waals surface area contributed by atoms with Crippen LogP contribution in [0.5, 0.6) is 0 Å². The lowest BCUT2D eigenvalue weighted by Crippen LogP contribution is -2.38. The second-order valence-electron chi connectivity index (χ2n) is 4.64. The van der Waals surface area contributed by atoms with E-state index >= 15 is 0 Å². The Morgan fingerprint density at radius 1 is 1.26 bits per heavy atom. The Hall–Kier alpha value is -1.13. The molecular weight excluding hydrogens is 280 g/mol. The highest BCUT2D eigenvalue weighted by Gasteiger charge is 2.25. The zero-order valence-electron chi connectivity index (χ0n) is 10.7. The van der Waals surface area contributed by atoms with E-state index in [1.807, 2.05) is 52.5 Å². The zero-order chi connectivity index (χ0) is 13.4. The number of rotatable bonds is 1. The maximum absolute atomic E-state index is 12.6. The molecule has 1 aromatic heterocycles. The van der Waals surface area contributed by atoms with Crippen molar-refractivity contribution in [2.24, 2.45) is 7.05 Å². The number of para-hydroxylation sites is 1. The van der Waals surface area contributed by atoms with Gasteiger partial charge in [-0.15, -0.1) is 0 Å². The van der Waals surface area contributed by atoms with Crippen molar-refractivity contribution in [2.45, 2.75) is 0 Å². The Labute approximate surface area is 121 Å². The van der Waals surface area contributed by atoms with E-state index in [1.165, 1.54) is 0 Å². The summed E-state index contributed by atoms with van der Waals surface area (Å²) >= 11 is 8.29. The molecule has 1 aliphatic heterocycles. The Bertz CT molecular complexity index is 593. The van der Waals surface area contributed by atoms with Gasteiger partial charge in [0.05, 0.1) is 5.02 Å². The van der Waals surface area contributed by atoms with Crippen LogP contribution in [0.25, 0.3) is 10.9 Å². The average Bonchev–Trinajstić information content (AvgIpc) is 2.72. The fourth-order valence-corrected chi connectivity index (χ4v) is 3.77. The van der Waals surface area contributed by atoms with Crippen LogP contribution in [0.2, 0.25) is 5.02 Å². The van der Waals surface area contributed by atoms with Crippen molar-refractivity contribution in [3.63, 3.8) is 0 Å². The lowest BCUT2D eigenvalue weighted by atomic mass is 10.2. The third-order valence-electron chi connectivity index (χ3n) is 3.55. The average molecular weight is 295 g/mol. The molecule has 1 fully saturated rings. The number of nitrogens with zero attached hydrogens (tertiary/aromatic N) is 2. The molecule has 1 amide bonds. The number of amides is 1. The first-order valence-corrected chi connectivity index (χ1v) is 7.83. The van der Waals surface area contributed by atoms with Crippen molar-refractivity contribution in [1.82, 2.24) is 9.47 Å². The van der Waals surface area contributed by atoms with Crippen LogP contribution >= 0.6 is 23.4 Å². The van der Waals surface area contributed by atoms with E-state index in [4.69, 9.17) is 11.6 Å². The Kier molecular flexibility index (Phi) is 3.46. The molecule has 2 heterocycles. The van der Waals surface area contributed by atoms with Crippen LogP contribution < -0.4 is 0 Å². The fourth-order valence-electron chi connectivity index (χ4n) is 2.50. The van der Waals surface area contributed by atoms with E-state index in [9.17, 15) is 4.79 Å². The summed E-state index contributed by atoms with van der Waals surface area (Å²) in [5.74, 6) is 2.06. The molecule has 0 atom stereocenters. The molecule has 0 spiro atoms. The Morgan fingerprint density at radius 3 is 2.63 bits per heavy atom. The van der Waals surface area contributed by atoms with Gasteiger partial charge in [0.15, 0.2) is 0 Å². The molecule has 5 heteroatoms. The number of carbonyl (C=O) groups is 1. The number of aryl methyl sites for hydroxylation is 1. The number of carbonyl (C=O) groups excluding carboxylic acids is 1. The van der Waals surface area contributed by atoms with Crippen LogP contribution in [0.1, 0.15) is 10.5 Å². The maximum atomic E-state index is 12.6. The van der Waals surface area contributed by atoms with Gasteiger partial charge in [-0.3, -0.25) is 4.79 Å².